The van der Waals surface area contributed by atoms with Crippen LogP contribution in [0.15, 0.2) is 0 Å². The maximum Gasteiger partial charge on any atom is 0.0109 e. The van der Waals surface area contributed by atoms with E-state index in [4.69, 9.17) is 5.73 Å². The second-order valence-corrected chi connectivity index (χ2v) is 4.22. The summed E-state index contributed by atoms with van der Waals surface area (Å²) in [6, 6.07) is 0. The SMILES string of the molecule is CCN(CC)CCN1CC[C@H](CN)C1. The van der Waals surface area contributed by atoms with Gasteiger partial charge in [0.15, 0.2) is 0 Å². The summed E-state index contributed by atoms with van der Waals surface area (Å²) in [5.41, 5.74) is 5.67. The molecule has 0 spiro atoms. The Balaban J connectivity index is 2.13. The molecule has 0 unspecified atom stereocenters. The highest BCUT2D eigenvalue weighted by atomic mass is 15.2. The zero-order valence-corrected chi connectivity index (χ0v) is 9.71. The fourth-order valence-corrected chi connectivity index (χ4v) is 2.13. The fraction of sp³-hybridized carbons (Fsp3) is 1.00. The maximum absolute atomic E-state index is 5.67. The Morgan fingerprint density at radius 2 is 2.07 bits per heavy atom. The van der Waals surface area contributed by atoms with Crippen molar-refractivity contribution in [2.45, 2.75) is 20.3 Å². The van der Waals surface area contributed by atoms with E-state index < -0.39 is 0 Å². The molecule has 0 aliphatic carbocycles. The third-order valence-corrected chi connectivity index (χ3v) is 3.33. The Hall–Kier alpha value is -0.120. The molecule has 0 radical (unpaired) electrons. The molecular formula is C11H25N3. The highest BCUT2D eigenvalue weighted by Gasteiger charge is 2.20. The molecule has 2 N–H and O–H groups in total. The minimum atomic E-state index is 0.756. The van der Waals surface area contributed by atoms with Crippen LogP contribution < -0.4 is 5.73 Å². The lowest BCUT2D eigenvalue weighted by atomic mass is 10.1. The van der Waals surface area contributed by atoms with Gasteiger partial charge in [0.05, 0.1) is 0 Å². The molecule has 84 valence electrons. The number of rotatable bonds is 6. The number of nitrogens with zero attached hydrogens (tertiary/aromatic N) is 2. The summed E-state index contributed by atoms with van der Waals surface area (Å²) in [5, 5.41) is 0. The van der Waals surface area contributed by atoms with Gasteiger partial charge in [-0.15, -0.1) is 0 Å². The van der Waals surface area contributed by atoms with Crippen molar-refractivity contribution in [3.05, 3.63) is 0 Å². The molecule has 1 saturated heterocycles. The Morgan fingerprint density at radius 1 is 1.36 bits per heavy atom. The van der Waals surface area contributed by atoms with Crippen LogP contribution in [0.1, 0.15) is 20.3 Å². The summed E-state index contributed by atoms with van der Waals surface area (Å²) in [4.78, 5) is 5.03. The van der Waals surface area contributed by atoms with Crippen molar-refractivity contribution < 1.29 is 0 Å². The van der Waals surface area contributed by atoms with Crippen LogP contribution in [-0.2, 0) is 0 Å². The van der Waals surface area contributed by atoms with Gasteiger partial charge in [-0.25, -0.2) is 0 Å². The quantitative estimate of drug-likeness (QED) is 0.680. The van der Waals surface area contributed by atoms with Crippen molar-refractivity contribution in [3.8, 4) is 0 Å². The number of nitrogens with two attached hydrogens (primary N) is 1. The van der Waals surface area contributed by atoms with Crippen molar-refractivity contribution in [3.63, 3.8) is 0 Å². The Morgan fingerprint density at radius 3 is 2.57 bits per heavy atom. The minimum absolute atomic E-state index is 0.756. The molecule has 3 nitrogen and oxygen atoms in total. The number of likely N-dealkylation sites (tertiary alicyclic amines) is 1. The monoisotopic (exact) mass is 199 g/mol. The summed E-state index contributed by atoms with van der Waals surface area (Å²) in [5.74, 6) is 0.756. The first kappa shape index (κ1) is 12.0. The van der Waals surface area contributed by atoms with Crippen LogP contribution in [0.25, 0.3) is 0 Å². The normalized spacial score (nSPS) is 23.6. The van der Waals surface area contributed by atoms with Crippen LogP contribution in [0.5, 0.6) is 0 Å². The highest BCUT2D eigenvalue weighted by molar-refractivity contribution is 4.76. The van der Waals surface area contributed by atoms with Crippen molar-refractivity contribution in [2.75, 3.05) is 45.8 Å². The van der Waals surface area contributed by atoms with E-state index in [0.717, 1.165) is 12.5 Å². The van der Waals surface area contributed by atoms with Crippen LogP contribution in [0, 0.1) is 5.92 Å². The molecule has 1 aliphatic rings. The molecule has 1 rings (SSSR count). The van der Waals surface area contributed by atoms with E-state index in [1.165, 1.54) is 45.7 Å². The van der Waals surface area contributed by atoms with Gasteiger partial charge < -0.3 is 15.5 Å². The molecule has 0 saturated carbocycles. The fourth-order valence-electron chi connectivity index (χ4n) is 2.13. The zero-order chi connectivity index (χ0) is 10.4. The van der Waals surface area contributed by atoms with Crippen LogP contribution in [0.3, 0.4) is 0 Å². The van der Waals surface area contributed by atoms with Crippen molar-refractivity contribution in [2.24, 2.45) is 11.7 Å². The predicted octanol–water partition coefficient (Wildman–Crippen LogP) is 0.609. The van der Waals surface area contributed by atoms with E-state index in [1.807, 2.05) is 0 Å². The lowest BCUT2D eigenvalue weighted by molar-refractivity contribution is 0.237. The largest absolute Gasteiger partial charge is 0.330 e. The second-order valence-electron chi connectivity index (χ2n) is 4.22. The topological polar surface area (TPSA) is 32.5 Å². The van der Waals surface area contributed by atoms with Gasteiger partial charge >= 0.3 is 0 Å². The Bertz CT molecular complexity index is 145. The number of hydrogen-bond acceptors (Lipinski definition) is 3. The lowest BCUT2D eigenvalue weighted by Gasteiger charge is -2.22. The van der Waals surface area contributed by atoms with Crippen molar-refractivity contribution in [1.29, 1.82) is 0 Å². The third-order valence-electron chi connectivity index (χ3n) is 3.33. The average Bonchev–Trinajstić information content (AvgIpc) is 2.67. The van der Waals surface area contributed by atoms with E-state index in [0.29, 0.717) is 0 Å². The highest BCUT2D eigenvalue weighted by Crippen LogP contribution is 2.13. The second kappa shape index (κ2) is 6.38. The molecule has 1 aliphatic heterocycles. The predicted molar refractivity (Wildman–Crippen MR) is 61.4 cm³/mol. The van der Waals surface area contributed by atoms with E-state index in [2.05, 4.69) is 23.6 Å². The molecule has 0 bridgehead atoms. The van der Waals surface area contributed by atoms with E-state index >= 15 is 0 Å². The Kier molecular flexibility index (Phi) is 5.45. The maximum atomic E-state index is 5.67. The molecule has 3 heteroatoms. The molecule has 14 heavy (non-hydrogen) atoms. The number of likely N-dealkylation sites (N-methyl/N-ethyl adjacent to an activating group) is 1. The molecule has 0 aromatic heterocycles. The number of hydrogen-bond donors (Lipinski definition) is 1. The smallest absolute Gasteiger partial charge is 0.0109 e. The van der Waals surface area contributed by atoms with Gasteiger partial charge in [-0.2, -0.15) is 0 Å². The molecule has 1 heterocycles. The van der Waals surface area contributed by atoms with Gasteiger partial charge in [-0.05, 0) is 38.5 Å². The van der Waals surface area contributed by atoms with Gasteiger partial charge in [-0.3, -0.25) is 0 Å². The van der Waals surface area contributed by atoms with Gasteiger partial charge in [0.1, 0.15) is 0 Å². The molecule has 0 aromatic carbocycles. The Labute approximate surface area is 88.2 Å². The third kappa shape index (κ3) is 3.56. The van der Waals surface area contributed by atoms with Crippen molar-refractivity contribution in [1.82, 2.24) is 9.80 Å². The van der Waals surface area contributed by atoms with Crippen molar-refractivity contribution >= 4 is 0 Å². The molecule has 1 atom stereocenters. The van der Waals surface area contributed by atoms with E-state index in [1.54, 1.807) is 0 Å². The minimum Gasteiger partial charge on any atom is -0.330 e. The first-order chi connectivity index (χ1) is 6.80. The molecule has 0 amide bonds. The summed E-state index contributed by atoms with van der Waals surface area (Å²) in [6.45, 7) is 12.6. The summed E-state index contributed by atoms with van der Waals surface area (Å²) in [7, 11) is 0. The molecular weight excluding hydrogens is 174 g/mol. The molecule has 0 aromatic rings. The lowest BCUT2D eigenvalue weighted by Crippen LogP contribution is -2.34. The van der Waals surface area contributed by atoms with Gasteiger partial charge in [-0.1, -0.05) is 13.8 Å². The van der Waals surface area contributed by atoms with Crippen LogP contribution in [0.4, 0.5) is 0 Å². The summed E-state index contributed by atoms with van der Waals surface area (Å²) in [6.07, 6.45) is 1.30. The summed E-state index contributed by atoms with van der Waals surface area (Å²) < 4.78 is 0. The average molecular weight is 199 g/mol. The van der Waals surface area contributed by atoms with Crippen LogP contribution in [-0.4, -0.2) is 55.6 Å². The summed E-state index contributed by atoms with van der Waals surface area (Å²) >= 11 is 0. The van der Waals surface area contributed by atoms with Crippen LogP contribution in [0.2, 0.25) is 0 Å². The first-order valence-corrected chi connectivity index (χ1v) is 5.94. The van der Waals surface area contributed by atoms with E-state index in [9.17, 15) is 0 Å². The zero-order valence-electron chi connectivity index (χ0n) is 9.71. The van der Waals surface area contributed by atoms with Gasteiger partial charge in [0.2, 0.25) is 0 Å². The van der Waals surface area contributed by atoms with Gasteiger partial charge in [0, 0.05) is 19.6 Å². The molecule has 1 fully saturated rings. The standard InChI is InChI=1S/C11H25N3/c1-3-13(4-2)7-8-14-6-5-11(9-12)10-14/h11H,3-10,12H2,1-2H3/t11-/m1/s1. The van der Waals surface area contributed by atoms with Gasteiger partial charge in [0.25, 0.3) is 0 Å². The van der Waals surface area contributed by atoms with E-state index in [-0.39, 0.29) is 0 Å². The first-order valence-electron chi connectivity index (χ1n) is 5.94. The van der Waals surface area contributed by atoms with Crippen LogP contribution >= 0.6 is 0 Å².